The van der Waals surface area contributed by atoms with Gasteiger partial charge in [-0.3, -0.25) is 0 Å². The van der Waals surface area contributed by atoms with Crippen molar-refractivity contribution in [1.82, 2.24) is 0 Å². The minimum absolute atomic E-state index is 0.0660. The minimum atomic E-state index is -0.0660. The van der Waals surface area contributed by atoms with Crippen LogP contribution in [0.15, 0.2) is 46.9 Å². The largest absolute Gasteiger partial charge is 0.493 e. The topological polar surface area (TPSA) is 44.5 Å². The van der Waals surface area contributed by atoms with Gasteiger partial charge in [-0.2, -0.15) is 0 Å². The zero-order valence-electron chi connectivity index (χ0n) is 11.6. The van der Waals surface area contributed by atoms with E-state index in [2.05, 4.69) is 15.9 Å². The predicted molar refractivity (Wildman–Crippen MR) is 84.3 cm³/mol. The molecule has 0 fully saturated rings. The van der Waals surface area contributed by atoms with E-state index in [1.807, 2.05) is 42.5 Å². The van der Waals surface area contributed by atoms with Crippen molar-refractivity contribution in [3.63, 3.8) is 0 Å². The average molecular weight is 336 g/mol. The Labute approximate surface area is 127 Å². The normalized spacial score (nSPS) is 12.0. The van der Waals surface area contributed by atoms with Crippen LogP contribution in [0.25, 0.3) is 0 Å². The first kappa shape index (κ1) is 14.9. The molecule has 1 atom stereocenters. The summed E-state index contributed by atoms with van der Waals surface area (Å²) in [7, 11) is 3.26. The van der Waals surface area contributed by atoms with E-state index in [0.717, 1.165) is 33.5 Å². The van der Waals surface area contributed by atoms with Gasteiger partial charge >= 0.3 is 0 Å². The highest BCUT2D eigenvalue weighted by Gasteiger charge is 2.12. The molecule has 0 saturated heterocycles. The van der Waals surface area contributed by atoms with Gasteiger partial charge in [0.25, 0.3) is 0 Å². The zero-order chi connectivity index (χ0) is 14.5. The number of hydrogen-bond acceptors (Lipinski definition) is 3. The molecule has 2 aromatic carbocycles. The fourth-order valence-corrected chi connectivity index (χ4v) is 2.73. The highest BCUT2D eigenvalue weighted by molar-refractivity contribution is 9.10. The monoisotopic (exact) mass is 335 g/mol. The Morgan fingerprint density at radius 2 is 1.75 bits per heavy atom. The smallest absolute Gasteiger partial charge is 0.160 e. The fourth-order valence-electron chi connectivity index (χ4n) is 2.15. The van der Waals surface area contributed by atoms with E-state index >= 15 is 0 Å². The number of hydrogen-bond donors (Lipinski definition) is 1. The highest BCUT2D eigenvalue weighted by Crippen LogP contribution is 2.30. The Bertz CT molecular complexity index is 586. The molecule has 2 rings (SSSR count). The van der Waals surface area contributed by atoms with E-state index in [9.17, 15) is 0 Å². The summed E-state index contributed by atoms with van der Waals surface area (Å²) in [6.07, 6.45) is 0.739. The lowest BCUT2D eigenvalue weighted by atomic mass is 9.99. The van der Waals surface area contributed by atoms with Gasteiger partial charge in [-0.15, -0.1) is 0 Å². The van der Waals surface area contributed by atoms with Crippen LogP contribution in [0.2, 0.25) is 0 Å². The van der Waals surface area contributed by atoms with Crippen molar-refractivity contribution in [3.8, 4) is 11.5 Å². The van der Waals surface area contributed by atoms with Crippen LogP contribution in [-0.4, -0.2) is 14.2 Å². The maximum atomic E-state index is 6.29. The molecule has 0 saturated carbocycles. The fraction of sp³-hybridized carbons (Fsp3) is 0.250. The first-order valence-corrected chi connectivity index (χ1v) is 7.16. The van der Waals surface area contributed by atoms with Crippen molar-refractivity contribution >= 4 is 15.9 Å². The Morgan fingerprint density at radius 3 is 2.40 bits per heavy atom. The molecule has 0 heterocycles. The van der Waals surface area contributed by atoms with Crippen LogP contribution in [0.1, 0.15) is 17.2 Å². The highest BCUT2D eigenvalue weighted by atomic mass is 79.9. The van der Waals surface area contributed by atoms with Crippen molar-refractivity contribution in [2.75, 3.05) is 14.2 Å². The van der Waals surface area contributed by atoms with E-state index in [-0.39, 0.29) is 6.04 Å². The summed E-state index contributed by atoms with van der Waals surface area (Å²) < 4.78 is 11.6. The summed E-state index contributed by atoms with van der Waals surface area (Å²) in [6.45, 7) is 0. The molecule has 0 aliphatic rings. The summed E-state index contributed by atoms with van der Waals surface area (Å²) in [5, 5.41) is 0. The number of methoxy groups -OCH3 is 2. The van der Waals surface area contributed by atoms with Crippen LogP contribution in [0.4, 0.5) is 0 Å². The molecular formula is C16H18BrNO2. The summed E-state index contributed by atoms with van der Waals surface area (Å²) in [4.78, 5) is 0. The summed E-state index contributed by atoms with van der Waals surface area (Å²) in [5.41, 5.74) is 8.50. The van der Waals surface area contributed by atoms with Crippen LogP contribution >= 0.6 is 15.9 Å². The third kappa shape index (κ3) is 3.32. The van der Waals surface area contributed by atoms with Gasteiger partial charge in [0.1, 0.15) is 0 Å². The number of nitrogens with two attached hydrogens (primary N) is 1. The Kier molecular flexibility index (Phi) is 5.04. The number of halogens is 1. The van der Waals surface area contributed by atoms with Crippen molar-refractivity contribution in [1.29, 1.82) is 0 Å². The maximum absolute atomic E-state index is 6.29. The lowest BCUT2D eigenvalue weighted by Crippen LogP contribution is -2.14. The third-order valence-corrected chi connectivity index (χ3v) is 3.93. The molecule has 0 aromatic heterocycles. The second-order valence-corrected chi connectivity index (χ2v) is 5.38. The average Bonchev–Trinajstić information content (AvgIpc) is 2.47. The van der Waals surface area contributed by atoms with Gasteiger partial charge in [0, 0.05) is 10.5 Å². The Hall–Kier alpha value is -1.52. The molecule has 2 N–H and O–H groups in total. The molecule has 1 unspecified atom stereocenters. The number of benzene rings is 2. The molecule has 2 aromatic rings. The molecule has 0 aliphatic heterocycles. The van der Waals surface area contributed by atoms with Crippen LogP contribution in [0.5, 0.6) is 11.5 Å². The van der Waals surface area contributed by atoms with Crippen LogP contribution in [0.3, 0.4) is 0 Å². The third-order valence-electron chi connectivity index (χ3n) is 3.21. The van der Waals surface area contributed by atoms with Gasteiger partial charge in [0.15, 0.2) is 11.5 Å². The minimum Gasteiger partial charge on any atom is -0.493 e. The molecule has 0 bridgehead atoms. The SMILES string of the molecule is COc1ccc(CC(N)c2ccccc2Br)cc1OC. The summed E-state index contributed by atoms with van der Waals surface area (Å²) >= 11 is 3.54. The molecule has 0 amide bonds. The van der Waals surface area contributed by atoms with E-state index in [1.54, 1.807) is 14.2 Å². The first-order valence-electron chi connectivity index (χ1n) is 6.36. The van der Waals surface area contributed by atoms with Gasteiger partial charge in [-0.1, -0.05) is 40.2 Å². The standard InChI is InChI=1S/C16H18BrNO2/c1-19-15-8-7-11(10-16(15)20-2)9-14(18)12-5-3-4-6-13(12)17/h3-8,10,14H,9,18H2,1-2H3. The van der Waals surface area contributed by atoms with E-state index in [1.165, 1.54) is 0 Å². The van der Waals surface area contributed by atoms with E-state index in [4.69, 9.17) is 15.2 Å². The van der Waals surface area contributed by atoms with Crippen molar-refractivity contribution < 1.29 is 9.47 Å². The van der Waals surface area contributed by atoms with Crippen LogP contribution < -0.4 is 15.2 Å². The Morgan fingerprint density at radius 1 is 1.05 bits per heavy atom. The lowest BCUT2D eigenvalue weighted by molar-refractivity contribution is 0.354. The van der Waals surface area contributed by atoms with Gasteiger partial charge in [0.2, 0.25) is 0 Å². The second-order valence-electron chi connectivity index (χ2n) is 4.52. The van der Waals surface area contributed by atoms with Crippen molar-refractivity contribution in [2.45, 2.75) is 12.5 Å². The molecule has 4 heteroatoms. The van der Waals surface area contributed by atoms with Gasteiger partial charge in [-0.05, 0) is 35.7 Å². The predicted octanol–water partition coefficient (Wildman–Crippen LogP) is 3.71. The van der Waals surface area contributed by atoms with Crippen molar-refractivity contribution in [3.05, 3.63) is 58.1 Å². The molecule has 106 valence electrons. The molecule has 3 nitrogen and oxygen atoms in total. The van der Waals surface area contributed by atoms with Gasteiger partial charge in [0.05, 0.1) is 14.2 Å². The van der Waals surface area contributed by atoms with Gasteiger partial charge < -0.3 is 15.2 Å². The lowest BCUT2D eigenvalue weighted by Gasteiger charge is -2.15. The summed E-state index contributed by atoms with van der Waals surface area (Å²) in [6, 6.07) is 13.8. The Balaban J connectivity index is 2.20. The van der Waals surface area contributed by atoms with Crippen LogP contribution in [-0.2, 0) is 6.42 Å². The van der Waals surface area contributed by atoms with Gasteiger partial charge in [-0.25, -0.2) is 0 Å². The molecular weight excluding hydrogens is 318 g/mol. The second kappa shape index (κ2) is 6.77. The van der Waals surface area contributed by atoms with E-state index in [0.29, 0.717) is 0 Å². The quantitative estimate of drug-likeness (QED) is 0.905. The number of ether oxygens (including phenoxy) is 2. The number of rotatable bonds is 5. The summed E-state index contributed by atoms with van der Waals surface area (Å²) in [5.74, 6) is 1.45. The molecule has 20 heavy (non-hydrogen) atoms. The zero-order valence-corrected chi connectivity index (χ0v) is 13.2. The van der Waals surface area contributed by atoms with Crippen LogP contribution in [0, 0.1) is 0 Å². The molecule has 0 radical (unpaired) electrons. The first-order chi connectivity index (χ1) is 9.65. The molecule has 0 spiro atoms. The molecule has 0 aliphatic carbocycles. The maximum Gasteiger partial charge on any atom is 0.160 e. The van der Waals surface area contributed by atoms with Crippen molar-refractivity contribution in [2.24, 2.45) is 5.73 Å². The van der Waals surface area contributed by atoms with E-state index < -0.39 is 0 Å².